The van der Waals surface area contributed by atoms with Gasteiger partial charge in [-0.1, -0.05) is 12.1 Å². The molecule has 2 aromatic rings. The zero-order valence-corrected chi connectivity index (χ0v) is 11.7. The summed E-state index contributed by atoms with van der Waals surface area (Å²) in [7, 11) is 0. The minimum Gasteiger partial charge on any atom is -0.383 e. The predicted octanol–water partition coefficient (Wildman–Crippen LogP) is 2.14. The van der Waals surface area contributed by atoms with Crippen molar-refractivity contribution in [1.29, 1.82) is 0 Å². The summed E-state index contributed by atoms with van der Waals surface area (Å²) in [5.74, 6) is 1.46. The summed E-state index contributed by atoms with van der Waals surface area (Å²) >= 11 is 0. The van der Waals surface area contributed by atoms with Gasteiger partial charge in [-0.15, -0.1) is 5.10 Å². The molecule has 6 heteroatoms. The van der Waals surface area contributed by atoms with Gasteiger partial charge in [-0.3, -0.25) is 9.89 Å². The number of nitrogens with one attached hydrogen (secondary N) is 2. The van der Waals surface area contributed by atoms with Gasteiger partial charge in [0.2, 0.25) is 5.82 Å². The SMILES string of the molecule is O=C(c1n[nH]c(C2CC2)n1)N1CCCNc2ccccc21. The molecule has 1 fully saturated rings. The number of benzene rings is 1. The van der Waals surface area contributed by atoms with E-state index < -0.39 is 0 Å². The number of aromatic amines is 1. The topological polar surface area (TPSA) is 73.9 Å². The van der Waals surface area contributed by atoms with E-state index in [2.05, 4.69) is 20.5 Å². The Labute approximate surface area is 122 Å². The maximum absolute atomic E-state index is 12.7. The number of carbonyl (C=O) groups is 1. The Hall–Kier alpha value is -2.37. The van der Waals surface area contributed by atoms with E-state index in [1.165, 1.54) is 0 Å². The van der Waals surface area contributed by atoms with Gasteiger partial charge in [-0.2, -0.15) is 0 Å². The fraction of sp³-hybridized carbons (Fsp3) is 0.400. The van der Waals surface area contributed by atoms with E-state index in [0.29, 0.717) is 12.5 Å². The number of anilines is 2. The van der Waals surface area contributed by atoms with Crippen molar-refractivity contribution in [3.8, 4) is 0 Å². The first kappa shape index (κ1) is 12.4. The van der Waals surface area contributed by atoms with E-state index >= 15 is 0 Å². The van der Waals surface area contributed by atoms with Gasteiger partial charge in [-0.05, 0) is 31.4 Å². The van der Waals surface area contributed by atoms with Crippen molar-refractivity contribution >= 4 is 17.3 Å². The fourth-order valence-corrected chi connectivity index (χ4v) is 2.68. The van der Waals surface area contributed by atoms with Crippen LogP contribution in [-0.4, -0.2) is 34.2 Å². The second kappa shape index (κ2) is 4.87. The number of nitrogens with zero attached hydrogens (tertiary/aromatic N) is 3. The van der Waals surface area contributed by atoms with Crippen molar-refractivity contribution in [1.82, 2.24) is 15.2 Å². The molecule has 21 heavy (non-hydrogen) atoms. The van der Waals surface area contributed by atoms with Gasteiger partial charge < -0.3 is 10.2 Å². The molecule has 0 bridgehead atoms. The number of para-hydroxylation sites is 2. The number of aromatic nitrogens is 3. The van der Waals surface area contributed by atoms with Crippen LogP contribution < -0.4 is 10.2 Å². The lowest BCUT2D eigenvalue weighted by atomic mass is 10.2. The van der Waals surface area contributed by atoms with Crippen molar-refractivity contribution in [2.75, 3.05) is 23.3 Å². The summed E-state index contributed by atoms with van der Waals surface area (Å²) < 4.78 is 0. The van der Waals surface area contributed by atoms with Crippen LogP contribution in [0.15, 0.2) is 24.3 Å². The summed E-state index contributed by atoms with van der Waals surface area (Å²) in [5.41, 5.74) is 1.89. The lowest BCUT2D eigenvalue weighted by Gasteiger charge is -2.20. The van der Waals surface area contributed by atoms with Crippen LogP contribution in [0.1, 0.15) is 41.6 Å². The van der Waals surface area contributed by atoms with Crippen LogP contribution in [0.3, 0.4) is 0 Å². The van der Waals surface area contributed by atoms with Gasteiger partial charge in [-0.25, -0.2) is 4.98 Å². The van der Waals surface area contributed by atoms with Gasteiger partial charge in [0, 0.05) is 19.0 Å². The standard InChI is InChI=1S/C15H17N5O/c21-15(14-17-13(18-19-14)10-6-7-10)20-9-3-8-16-11-4-1-2-5-12(11)20/h1-2,4-5,10,16H,3,6-9H2,(H,17,18,19). The summed E-state index contributed by atoms with van der Waals surface area (Å²) in [6.45, 7) is 1.54. The highest BCUT2D eigenvalue weighted by atomic mass is 16.2. The molecule has 6 nitrogen and oxygen atoms in total. The van der Waals surface area contributed by atoms with Crippen LogP contribution in [0, 0.1) is 0 Å². The zero-order valence-electron chi connectivity index (χ0n) is 11.7. The third kappa shape index (κ3) is 2.26. The number of carbonyl (C=O) groups excluding carboxylic acids is 1. The molecule has 2 aliphatic rings. The van der Waals surface area contributed by atoms with Crippen molar-refractivity contribution in [2.45, 2.75) is 25.2 Å². The first-order valence-corrected chi connectivity index (χ1v) is 7.40. The Balaban J connectivity index is 1.66. The lowest BCUT2D eigenvalue weighted by Crippen LogP contribution is -2.32. The van der Waals surface area contributed by atoms with Gasteiger partial charge in [0.25, 0.3) is 5.91 Å². The number of H-pyrrole nitrogens is 1. The molecule has 1 saturated carbocycles. The van der Waals surface area contributed by atoms with Gasteiger partial charge in [0.05, 0.1) is 11.4 Å². The Morgan fingerprint density at radius 1 is 1.29 bits per heavy atom. The van der Waals surface area contributed by atoms with E-state index in [4.69, 9.17) is 0 Å². The van der Waals surface area contributed by atoms with Gasteiger partial charge in [0.15, 0.2) is 0 Å². The Morgan fingerprint density at radius 2 is 2.14 bits per heavy atom. The molecule has 0 radical (unpaired) electrons. The molecule has 108 valence electrons. The van der Waals surface area contributed by atoms with Crippen molar-refractivity contribution in [3.63, 3.8) is 0 Å². The van der Waals surface area contributed by atoms with Crippen LogP contribution >= 0.6 is 0 Å². The summed E-state index contributed by atoms with van der Waals surface area (Å²) in [6.07, 6.45) is 3.18. The van der Waals surface area contributed by atoms with Crippen LogP contribution in [0.25, 0.3) is 0 Å². The second-order valence-corrected chi connectivity index (χ2v) is 5.57. The lowest BCUT2D eigenvalue weighted by molar-refractivity contribution is 0.0977. The molecule has 1 aliphatic heterocycles. The Morgan fingerprint density at radius 3 is 3.00 bits per heavy atom. The minimum atomic E-state index is -0.130. The predicted molar refractivity (Wildman–Crippen MR) is 79.6 cm³/mol. The largest absolute Gasteiger partial charge is 0.383 e. The van der Waals surface area contributed by atoms with Gasteiger partial charge in [0.1, 0.15) is 5.82 Å². The highest BCUT2D eigenvalue weighted by Gasteiger charge is 2.30. The Kier molecular flexibility index (Phi) is 2.87. The summed E-state index contributed by atoms with van der Waals surface area (Å²) in [4.78, 5) is 18.9. The maximum atomic E-state index is 12.7. The first-order chi connectivity index (χ1) is 10.3. The molecule has 1 amide bonds. The quantitative estimate of drug-likeness (QED) is 0.885. The van der Waals surface area contributed by atoms with E-state index in [-0.39, 0.29) is 11.7 Å². The third-order valence-electron chi connectivity index (χ3n) is 3.97. The van der Waals surface area contributed by atoms with E-state index in [1.807, 2.05) is 24.3 Å². The summed E-state index contributed by atoms with van der Waals surface area (Å²) in [5, 5.41) is 10.4. The summed E-state index contributed by atoms with van der Waals surface area (Å²) in [6, 6.07) is 7.87. The normalized spacial score (nSPS) is 17.8. The first-order valence-electron chi connectivity index (χ1n) is 7.40. The molecule has 2 heterocycles. The van der Waals surface area contributed by atoms with Crippen molar-refractivity contribution in [2.24, 2.45) is 0 Å². The number of fused-ring (bicyclic) bond motifs is 1. The number of hydrogen-bond acceptors (Lipinski definition) is 4. The average molecular weight is 283 g/mol. The van der Waals surface area contributed by atoms with Gasteiger partial charge >= 0.3 is 0 Å². The Bertz CT molecular complexity index is 676. The van der Waals surface area contributed by atoms with Crippen LogP contribution in [0.2, 0.25) is 0 Å². The highest BCUT2D eigenvalue weighted by molar-refractivity contribution is 6.05. The molecule has 2 N–H and O–H groups in total. The van der Waals surface area contributed by atoms with E-state index in [9.17, 15) is 4.79 Å². The molecular weight excluding hydrogens is 266 g/mol. The number of hydrogen-bond donors (Lipinski definition) is 2. The molecule has 1 aliphatic carbocycles. The molecule has 0 unspecified atom stereocenters. The van der Waals surface area contributed by atoms with Crippen LogP contribution in [0.5, 0.6) is 0 Å². The third-order valence-corrected chi connectivity index (χ3v) is 3.97. The van der Waals surface area contributed by atoms with E-state index in [0.717, 1.165) is 43.0 Å². The molecule has 0 saturated heterocycles. The van der Waals surface area contributed by atoms with Crippen LogP contribution in [-0.2, 0) is 0 Å². The molecule has 1 aromatic carbocycles. The number of amides is 1. The smallest absolute Gasteiger partial charge is 0.297 e. The average Bonchev–Trinajstić information content (AvgIpc) is 3.28. The molecule has 1 aromatic heterocycles. The highest BCUT2D eigenvalue weighted by Crippen LogP contribution is 2.38. The monoisotopic (exact) mass is 283 g/mol. The van der Waals surface area contributed by atoms with E-state index in [1.54, 1.807) is 4.90 Å². The zero-order chi connectivity index (χ0) is 14.2. The molecule has 4 rings (SSSR count). The number of rotatable bonds is 2. The fourth-order valence-electron chi connectivity index (χ4n) is 2.68. The van der Waals surface area contributed by atoms with Crippen LogP contribution in [0.4, 0.5) is 11.4 Å². The molecule has 0 spiro atoms. The second-order valence-electron chi connectivity index (χ2n) is 5.57. The minimum absolute atomic E-state index is 0.130. The molecular formula is C15H17N5O. The van der Waals surface area contributed by atoms with Crippen molar-refractivity contribution in [3.05, 3.63) is 35.9 Å². The molecule has 0 atom stereocenters. The van der Waals surface area contributed by atoms with Crippen molar-refractivity contribution < 1.29 is 4.79 Å². The maximum Gasteiger partial charge on any atom is 0.297 e.